The Morgan fingerprint density at radius 2 is 0.527 bits per heavy atom. The highest BCUT2D eigenvalue weighted by Crippen LogP contribution is 2.45. The zero-order valence-electron chi connectivity index (χ0n) is 39.8. The van der Waals surface area contributed by atoms with Crippen molar-refractivity contribution in [3.63, 3.8) is 0 Å². The van der Waals surface area contributed by atoms with E-state index in [0.717, 1.165) is 89.1 Å². The number of para-hydroxylation sites is 8. The van der Waals surface area contributed by atoms with E-state index in [2.05, 4.69) is 260 Å². The molecule has 0 amide bonds. The van der Waals surface area contributed by atoms with Gasteiger partial charge in [-0.1, -0.05) is 146 Å². The van der Waals surface area contributed by atoms with Gasteiger partial charge in [-0.25, -0.2) is 4.85 Å². The minimum absolute atomic E-state index is 0.299. The molecule has 0 fully saturated rings. The van der Waals surface area contributed by atoms with E-state index in [1.165, 1.54) is 43.1 Å². The molecule has 0 N–H and O–H groups in total. The maximum absolute atomic E-state index is 10.9. The van der Waals surface area contributed by atoms with Gasteiger partial charge < -0.3 is 18.3 Å². The van der Waals surface area contributed by atoms with Crippen LogP contribution >= 0.6 is 0 Å². The van der Waals surface area contributed by atoms with Crippen molar-refractivity contribution < 1.29 is 0 Å². The molecule has 0 bridgehead atoms. The minimum atomic E-state index is 0.299. The Bertz CT molecular complexity index is 4160. The monoisotopic (exact) mass is 940 g/mol. The van der Waals surface area contributed by atoms with Crippen molar-refractivity contribution in [1.29, 1.82) is 5.26 Å². The van der Waals surface area contributed by atoms with Crippen LogP contribution in [0.2, 0.25) is 0 Å². The lowest BCUT2D eigenvalue weighted by Crippen LogP contribution is -2.02. The first-order valence-corrected chi connectivity index (χ1v) is 24.8. The average molecular weight is 941 g/mol. The molecule has 342 valence electrons. The molecule has 0 spiro atoms. The van der Waals surface area contributed by atoms with Crippen LogP contribution in [0.3, 0.4) is 0 Å². The number of hydrogen-bond donors (Lipinski definition) is 0. The fourth-order valence-corrected chi connectivity index (χ4v) is 12.1. The minimum Gasteiger partial charge on any atom is -0.309 e. The predicted molar refractivity (Wildman–Crippen MR) is 306 cm³/mol. The number of benzene rings is 11. The van der Waals surface area contributed by atoms with Crippen LogP contribution in [0.1, 0.15) is 5.56 Å². The second kappa shape index (κ2) is 16.1. The first-order chi connectivity index (χ1) is 36.6. The molecule has 15 rings (SSSR count). The molecular formula is C68H40N6. The van der Waals surface area contributed by atoms with Crippen molar-refractivity contribution in [3.8, 4) is 51.1 Å². The highest BCUT2D eigenvalue weighted by Gasteiger charge is 2.23. The van der Waals surface area contributed by atoms with Gasteiger partial charge in [0.1, 0.15) is 0 Å². The van der Waals surface area contributed by atoms with Crippen LogP contribution in [0.5, 0.6) is 0 Å². The summed E-state index contributed by atoms with van der Waals surface area (Å²) in [6.07, 6.45) is 0. The summed E-state index contributed by atoms with van der Waals surface area (Å²) in [4.78, 5) is 4.03. The maximum Gasteiger partial charge on any atom is 0.205 e. The largest absolute Gasteiger partial charge is 0.309 e. The van der Waals surface area contributed by atoms with Crippen LogP contribution in [-0.4, -0.2) is 18.3 Å². The molecule has 0 radical (unpaired) electrons. The summed E-state index contributed by atoms with van der Waals surface area (Å²) >= 11 is 0. The third-order valence-corrected chi connectivity index (χ3v) is 15.2. The van der Waals surface area contributed by atoms with Gasteiger partial charge in [0.25, 0.3) is 0 Å². The smallest absolute Gasteiger partial charge is 0.205 e. The molecule has 15 aromatic rings. The second-order valence-electron chi connectivity index (χ2n) is 19.1. The lowest BCUT2D eigenvalue weighted by atomic mass is 9.90. The van der Waals surface area contributed by atoms with Gasteiger partial charge in [-0.05, 0) is 119 Å². The number of aromatic nitrogens is 4. The first kappa shape index (κ1) is 41.4. The van der Waals surface area contributed by atoms with E-state index in [0.29, 0.717) is 11.3 Å². The Morgan fingerprint density at radius 3 is 0.757 bits per heavy atom. The molecule has 4 heterocycles. The summed E-state index contributed by atoms with van der Waals surface area (Å²) in [6.45, 7) is 8.52. The number of nitrogens with zero attached hydrogens (tertiary/aromatic N) is 6. The molecule has 0 aliphatic rings. The van der Waals surface area contributed by atoms with E-state index in [-0.39, 0.29) is 0 Å². The van der Waals surface area contributed by atoms with Crippen molar-refractivity contribution in [2.24, 2.45) is 0 Å². The normalized spacial score (nSPS) is 11.8. The Balaban J connectivity index is 1.08. The lowest BCUT2D eigenvalue weighted by molar-refractivity contribution is 1.13. The van der Waals surface area contributed by atoms with E-state index in [1.807, 2.05) is 12.1 Å². The van der Waals surface area contributed by atoms with Gasteiger partial charge in [-0.2, -0.15) is 5.26 Å². The van der Waals surface area contributed by atoms with Gasteiger partial charge in [-0.15, -0.1) is 0 Å². The molecule has 0 aliphatic heterocycles. The topological polar surface area (TPSA) is 47.9 Å². The Morgan fingerprint density at radius 1 is 0.297 bits per heavy atom. The molecule has 4 aromatic heterocycles. The van der Waals surface area contributed by atoms with E-state index in [9.17, 15) is 5.26 Å². The van der Waals surface area contributed by atoms with E-state index < -0.39 is 0 Å². The Hall–Kier alpha value is -10.4. The zero-order valence-corrected chi connectivity index (χ0v) is 39.8. The third-order valence-electron chi connectivity index (χ3n) is 15.2. The van der Waals surface area contributed by atoms with Crippen LogP contribution < -0.4 is 0 Å². The van der Waals surface area contributed by atoms with Crippen LogP contribution in [0.15, 0.2) is 243 Å². The molecular weight excluding hydrogens is 901 g/mol. The van der Waals surface area contributed by atoms with Crippen LogP contribution in [0.25, 0.3) is 137 Å². The van der Waals surface area contributed by atoms with E-state index in [4.69, 9.17) is 6.57 Å². The van der Waals surface area contributed by atoms with Crippen molar-refractivity contribution >= 4 is 92.9 Å². The number of rotatable bonds is 6. The van der Waals surface area contributed by atoms with Gasteiger partial charge in [0.2, 0.25) is 5.69 Å². The number of fused-ring (bicyclic) bond motifs is 12. The SMILES string of the molecule is [C-]#[N+]c1cc(-c2cc(-n3c4ccccc4c4ccccc43)cc(-n3c4ccccc4c4ccccc43)c2)c(-c2cc(-n3c4ccccc4c4ccccc43)cc(-n3c4ccccc4c4ccccc43)c2)cc1C#N. The van der Waals surface area contributed by atoms with Gasteiger partial charge >= 0.3 is 0 Å². The molecule has 0 unspecified atom stereocenters. The van der Waals surface area contributed by atoms with Gasteiger partial charge in [0.05, 0.1) is 62.3 Å². The third kappa shape index (κ3) is 6.04. The molecule has 6 heteroatoms. The summed E-state index contributed by atoms with van der Waals surface area (Å²) in [6, 6.07) is 88.8. The summed E-state index contributed by atoms with van der Waals surface area (Å²) < 4.78 is 9.47. The first-order valence-electron chi connectivity index (χ1n) is 24.8. The Labute approximate surface area is 425 Å². The summed E-state index contributed by atoms with van der Waals surface area (Å²) in [7, 11) is 0. The molecule has 0 saturated carbocycles. The van der Waals surface area contributed by atoms with Crippen molar-refractivity contribution in [2.45, 2.75) is 0 Å². The summed E-state index contributed by atoms with van der Waals surface area (Å²) in [5.74, 6) is 0. The van der Waals surface area contributed by atoms with E-state index >= 15 is 0 Å². The molecule has 74 heavy (non-hydrogen) atoms. The molecule has 6 nitrogen and oxygen atoms in total. The van der Waals surface area contributed by atoms with Crippen molar-refractivity contribution in [1.82, 2.24) is 18.3 Å². The van der Waals surface area contributed by atoms with Crippen molar-refractivity contribution in [2.75, 3.05) is 0 Å². The molecule has 0 saturated heterocycles. The summed E-state index contributed by atoms with van der Waals surface area (Å²) in [5.41, 5.74) is 16.7. The average Bonchev–Trinajstić information content (AvgIpc) is 4.20. The second-order valence-corrected chi connectivity index (χ2v) is 19.1. The summed E-state index contributed by atoms with van der Waals surface area (Å²) in [5, 5.41) is 20.2. The van der Waals surface area contributed by atoms with Crippen molar-refractivity contribution in [3.05, 3.63) is 260 Å². The number of hydrogen-bond acceptors (Lipinski definition) is 1. The predicted octanol–water partition coefficient (Wildman–Crippen LogP) is 17.8. The Kier molecular flexibility index (Phi) is 8.99. The van der Waals surface area contributed by atoms with E-state index in [1.54, 1.807) is 0 Å². The standard InChI is InChI=1S/C68H40N6/c1-70-60-41-59(44-36-48(73-65-30-14-6-22-54(65)55-23-7-15-31-66(55)73)40-49(37-44)74-67-32-16-8-24-56(67)57-25-9-17-33-68(57)74)58(38-45(60)42-69)43-34-46(71-61-26-10-2-18-50(61)51-19-3-11-27-62(51)71)39-47(35-43)72-63-28-12-4-20-52(63)53-21-5-13-29-64(53)72/h2-41H. The molecule has 0 atom stereocenters. The van der Waals surface area contributed by atoms with Gasteiger partial charge in [0, 0.05) is 65.8 Å². The lowest BCUT2D eigenvalue weighted by Gasteiger charge is -2.20. The van der Waals surface area contributed by atoms with Gasteiger partial charge in [0.15, 0.2) is 0 Å². The molecule has 11 aromatic carbocycles. The van der Waals surface area contributed by atoms with Crippen LogP contribution in [0, 0.1) is 17.9 Å². The van der Waals surface area contributed by atoms with Crippen LogP contribution in [0.4, 0.5) is 5.69 Å². The van der Waals surface area contributed by atoms with Crippen LogP contribution in [-0.2, 0) is 0 Å². The maximum atomic E-state index is 10.9. The highest BCUT2D eigenvalue weighted by atomic mass is 15.0. The zero-order chi connectivity index (χ0) is 49.0. The molecule has 0 aliphatic carbocycles. The fourth-order valence-electron chi connectivity index (χ4n) is 12.1. The number of nitriles is 1. The van der Waals surface area contributed by atoms with Gasteiger partial charge in [-0.3, -0.25) is 0 Å². The highest BCUT2D eigenvalue weighted by molar-refractivity contribution is 6.13. The quantitative estimate of drug-likeness (QED) is 0.153. The fraction of sp³-hybridized carbons (Fsp3) is 0.